The summed E-state index contributed by atoms with van der Waals surface area (Å²) in [6.07, 6.45) is 0. The van der Waals surface area contributed by atoms with Gasteiger partial charge in [0.05, 0.1) is 18.2 Å². The van der Waals surface area contributed by atoms with Crippen LogP contribution in [-0.2, 0) is 11.3 Å². The predicted molar refractivity (Wildman–Crippen MR) is 62.7 cm³/mol. The van der Waals surface area contributed by atoms with E-state index in [0.717, 1.165) is 0 Å². The normalized spacial score (nSPS) is 9.63. The number of benzene rings is 1. The molecule has 0 bridgehead atoms. The fraction of sp³-hybridized carbons (Fsp3) is 0.182. The molecule has 0 aliphatic carbocycles. The molecule has 8 heteroatoms. The van der Waals surface area contributed by atoms with E-state index in [0.29, 0.717) is 17.1 Å². The first-order valence-electron chi connectivity index (χ1n) is 5.40. The van der Waals surface area contributed by atoms with Crippen molar-refractivity contribution < 1.29 is 9.53 Å². The molecule has 2 N–H and O–H groups in total. The molecule has 0 saturated heterocycles. The molecule has 2 aromatic rings. The van der Waals surface area contributed by atoms with Crippen molar-refractivity contribution in [1.29, 1.82) is 5.26 Å². The first kappa shape index (κ1) is 12.5. The van der Waals surface area contributed by atoms with Gasteiger partial charge in [-0.05, 0) is 24.3 Å². The molecule has 0 fully saturated rings. The van der Waals surface area contributed by atoms with E-state index in [1.165, 1.54) is 0 Å². The number of amides is 1. The highest BCUT2D eigenvalue weighted by Gasteiger charge is 2.04. The van der Waals surface area contributed by atoms with Gasteiger partial charge in [-0.25, -0.2) is 0 Å². The third-order valence-electron chi connectivity index (χ3n) is 2.19. The van der Waals surface area contributed by atoms with Crippen LogP contribution in [0.4, 0.5) is 0 Å². The Morgan fingerprint density at radius 1 is 1.42 bits per heavy atom. The highest BCUT2D eigenvalue weighted by molar-refractivity contribution is 5.77. The number of aromatic nitrogens is 4. The molecule has 0 atom stereocenters. The Morgan fingerprint density at radius 3 is 2.84 bits per heavy atom. The molecule has 1 heterocycles. The van der Waals surface area contributed by atoms with Gasteiger partial charge in [0.1, 0.15) is 5.75 Å². The van der Waals surface area contributed by atoms with Crippen LogP contribution in [0.1, 0.15) is 11.4 Å². The van der Waals surface area contributed by atoms with Crippen molar-refractivity contribution in [2.75, 3.05) is 6.61 Å². The van der Waals surface area contributed by atoms with Gasteiger partial charge in [-0.1, -0.05) is 5.21 Å². The smallest absolute Gasteiger partial charge is 0.258 e. The van der Waals surface area contributed by atoms with E-state index in [1.807, 2.05) is 6.07 Å². The molecule has 1 amide bonds. The second-order valence-electron chi connectivity index (χ2n) is 3.53. The van der Waals surface area contributed by atoms with Crippen LogP contribution < -0.4 is 10.1 Å². The van der Waals surface area contributed by atoms with Gasteiger partial charge in [-0.3, -0.25) is 4.79 Å². The summed E-state index contributed by atoms with van der Waals surface area (Å²) in [5.74, 6) is 0.620. The lowest BCUT2D eigenvalue weighted by Gasteiger charge is -2.05. The molecule has 0 aliphatic heterocycles. The summed E-state index contributed by atoms with van der Waals surface area (Å²) in [5.41, 5.74) is 0.536. The topological polar surface area (TPSA) is 117 Å². The third kappa shape index (κ3) is 3.78. The van der Waals surface area contributed by atoms with E-state index in [1.54, 1.807) is 24.3 Å². The second-order valence-corrected chi connectivity index (χ2v) is 3.53. The fourth-order valence-electron chi connectivity index (χ4n) is 1.26. The van der Waals surface area contributed by atoms with Crippen molar-refractivity contribution in [2.45, 2.75) is 6.54 Å². The van der Waals surface area contributed by atoms with Gasteiger partial charge in [0, 0.05) is 0 Å². The maximum atomic E-state index is 11.5. The highest BCUT2D eigenvalue weighted by atomic mass is 16.5. The van der Waals surface area contributed by atoms with Gasteiger partial charge in [-0.15, -0.1) is 10.2 Å². The number of aromatic amines is 1. The van der Waals surface area contributed by atoms with Crippen molar-refractivity contribution in [1.82, 2.24) is 25.9 Å². The number of nitrogens with one attached hydrogen (secondary N) is 2. The van der Waals surface area contributed by atoms with Crippen molar-refractivity contribution in [2.24, 2.45) is 0 Å². The van der Waals surface area contributed by atoms with Gasteiger partial charge in [0.25, 0.3) is 5.91 Å². The fourth-order valence-corrected chi connectivity index (χ4v) is 1.26. The maximum absolute atomic E-state index is 11.5. The minimum Gasteiger partial charge on any atom is -0.484 e. The highest BCUT2D eigenvalue weighted by Crippen LogP contribution is 2.11. The Morgan fingerprint density at radius 2 is 2.21 bits per heavy atom. The van der Waals surface area contributed by atoms with Gasteiger partial charge < -0.3 is 10.1 Å². The van der Waals surface area contributed by atoms with E-state index < -0.39 is 0 Å². The summed E-state index contributed by atoms with van der Waals surface area (Å²) in [6.45, 7) is 0.0653. The van der Waals surface area contributed by atoms with Crippen molar-refractivity contribution in [3.63, 3.8) is 0 Å². The van der Waals surface area contributed by atoms with Crippen LogP contribution in [0.5, 0.6) is 5.75 Å². The van der Waals surface area contributed by atoms with Crippen LogP contribution in [0.3, 0.4) is 0 Å². The quantitative estimate of drug-likeness (QED) is 0.764. The molecule has 19 heavy (non-hydrogen) atoms. The zero-order valence-electron chi connectivity index (χ0n) is 9.83. The van der Waals surface area contributed by atoms with Crippen LogP contribution in [0, 0.1) is 11.3 Å². The third-order valence-corrected chi connectivity index (χ3v) is 2.19. The Balaban J connectivity index is 1.75. The zero-order chi connectivity index (χ0) is 13.5. The Bertz CT molecular complexity index is 572. The van der Waals surface area contributed by atoms with E-state index in [-0.39, 0.29) is 19.1 Å². The SMILES string of the molecule is N#Cc1ccc(OCC(=O)NCc2nn[nH]n2)cc1. The van der Waals surface area contributed by atoms with E-state index >= 15 is 0 Å². The number of tetrazole rings is 1. The lowest BCUT2D eigenvalue weighted by atomic mass is 10.2. The largest absolute Gasteiger partial charge is 0.484 e. The summed E-state index contributed by atoms with van der Waals surface area (Å²) < 4.78 is 5.25. The lowest BCUT2D eigenvalue weighted by molar-refractivity contribution is -0.123. The van der Waals surface area contributed by atoms with E-state index in [9.17, 15) is 4.79 Å². The standard InChI is InChI=1S/C11H10N6O2/c12-5-8-1-3-9(4-2-8)19-7-11(18)13-6-10-14-16-17-15-10/h1-4H,6-7H2,(H,13,18)(H,14,15,16,17). The number of rotatable bonds is 5. The van der Waals surface area contributed by atoms with Gasteiger partial charge in [-0.2, -0.15) is 10.5 Å². The first-order valence-corrected chi connectivity index (χ1v) is 5.40. The summed E-state index contributed by atoms with van der Waals surface area (Å²) >= 11 is 0. The molecule has 0 radical (unpaired) electrons. The monoisotopic (exact) mass is 258 g/mol. The van der Waals surface area contributed by atoms with Crippen molar-refractivity contribution in [3.05, 3.63) is 35.7 Å². The number of ether oxygens (including phenoxy) is 1. The Labute approximate surface area is 108 Å². The number of carbonyl (C=O) groups is 1. The minimum atomic E-state index is -0.297. The average Bonchev–Trinajstić information content (AvgIpc) is 2.96. The average molecular weight is 258 g/mol. The Hall–Kier alpha value is -2.95. The van der Waals surface area contributed by atoms with Crippen LogP contribution in [0.2, 0.25) is 0 Å². The molecule has 2 rings (SSSR count). The summed E-state index contributed by atoms with van der Waals surface area (Å²) in [7, 11) is 0. The van der Waals surface area contributed by atoms with Crippen molar-refractivity contribution >= 4 is 5.91 Å². The Kier molecular flexibility index (Phi) is 4.02. The van der Waals surface area contributed by atoms with E-state index in [4.69, 9.17) is 10.00 Å². The maximum Gasteiger partial charge on any atom is 0.258 e. The van der Waals surface area contributed by atoms with Crippen LogP contribution in [0.25, 0.3) is 0 Å². The van der Waals surface area contributed by atoms with Gasteiger partial charge in [0.2, 0.25) is 0 Å². The van der Waals surface area contributed by atoms with Crippen LogP contribution in [-0.4, -0.2) is 33.1 Å². The minimum absolute atomic E-state index is 0.121. The molecule has 1 aromatic heterocycles. The molecule has 96 valence electrons. The second kappa shape index (κ2) is 6.11. The lowest BCUT2D eigenvalue weighted by Crippen LogP contribution is -2.28. The van der Waals surface area contributed by atoms with Gasteiger partial charge >= 0.3 is 0 Å². The number of H-pyrrole nitrogens is 1. The molecule has 0 spiro atoms. The molecule has 0 aliphatic rings. The molecular formula is C11H10N6O2. The summed E-state index contributed by atoms with van der Waals surface area (Å²) in [4.78, 5) is 11.5. The number of nitrogens with zero attached hydrogens (tertiary/aromatic N) is 4. The van der Waals surface area contributed by atoms with Gasteiger partial charge in [0.15, 0.2) is 12.4 Å². The zero-order valence-corrected chi connectivity index (χ0v) is 9.83. The van der Waals surface area contributed by atoms with Crippen molar-refractivity contribution in [3.8, 4) is 11.8 Å². The molecule has 0 saturated carbocycles. The van der Waals surface area contributed by atoms with Crippen LogP contribution >= 0.6 is 0 Å². The predicted octanol–water partition coefficient (Wildman–Crippen LogP) is -0.233. The number of nitriles is 1. The number of hydrogen-bond donors (Lipinski definition) is 2. The molecule has 8 nitrogen and oxygen atoms in total. The molecule has 1 aromatic carbocycles. The summed E-state index contributed by atoms with van der Waals surface area (Å²) in [5, 5.41) is 24.2. The summed E-state index contributed by atoms with van der Waals surface area (Å²) in [6, 6.07) is 8.49. The molecule has 0 unspecified atom stereocenters. The number of hydrogen-bond acceptors (Lipinski definition) is 6. The first-order chi connectivity index (χ1) is 9.28. The molecular weight excluding hydrogens is 248 g/mol. The number of carbonyl (C=O) groups excluding carboxylic acids is 1. The van der Waals surface area contributed by atoms with Crippen LogP contribution in [0.15, 0.2) is 24.3 Å². The van der Waals surface area contributed by atoms with E-state index in [2.05, 4.69) is 25.9 Å².